The fourth-order valence-corrected chi connectivity index (χ4v) is 1.73. The van der Waals surface area contributed by atoms with Crippen LogP contribution in [0.4, 0.5) is 0 Å². The molecule has 0 aliphatic carbocycles. The van der Waals surface area contributed by atoms with Gasteiger partial charge in [0.2, 0.25) is 0 Å². The van der Waals surface area contributed by atoms with E-state index < -0.39 is 0 Å². The zero-order valence-corrected chi connectivity index (χ0v) is 15.2. The Morgan fingerprint density at radius 1 is 1.38 bits per heavy atom. The summed E-state index contributed by atoms with van der Waals surface area (Å²) in [5.74, 6) is 1.57. The van der Waals surface area contributed by atoms with Gasteiger partial charge in [0, 0.05) is 32.3 Å². The van der Waals surface area contributed by atoms with Crippen LogP contribution < -0.4 is 15.4 Å². The van der Waals surface area contributed by atoms with Gasteiger partial charge in [0.25, 0.3) is 0 Å². The van der Waals surface area contributed by atoms with Crippen molar-refractivity contribution in [3.05, 3.63) is 23.8 Å². The number of hydrogen-bond donors (Lipinski definition) is 3. The summed E-state index contributed by atoms with van der Waals surface area (Å²) in [5.41, 5.74) is 0.742. The van der Waals surface area contributed by atoms with E-state index in [0.717, 1.165) is 5.56 Å². The molecule has 0 spiro atoms. The normalized spacial score (nSPS) is 12.3. The number of aliphatic imine (C=N–C) groups is 1. The quantitative estimate of drug-likeness (QED) is 0.379. The average molecular weight is 409 g/mol. The van der Waals surface area contributed by atoms with Gasteiger partial charge in [-0.15, -0.1) is 24.0 Å². The first-order chi connectivity index (χ1) is 9.60. The van der Waals surface area contributed by atoms with E-state index in [2.05, 4.69) is 15.6 Å². The summed E-state index contributed by atoms with van der Waals surface area (Å²) >= 11 is 0. The van der Waals surface area contributed by atoms with Gasteiger partial charge < -0.3 is 25.2 Å². The van der Waals surface area contributed by atoms with Gasteiger partial charge in [0.15, 0.2) is 5.96 Å². The first-order valence-corrected chi connectivity index (χ1v) is 6.42. The van der Waals surface area contributed by atoms with E-state index in [0.29, 0.717) is 24.9 Å². The van der Waals surface area contributed by atoms with E-state index >= 15 is 0 Å². The summed E-state index contributed by atoms with van der Waals surface area (Å²) in [5, 5.41) is 16.1. The number of guanidine groups is 1. The molecule has 6 nitrogen and oxygen atoms in total. The van der Waals surface area contributed by atoms with Crippen LogP contribution in [0.5, 0.6) is 11.5 Å². The maximum absolute atomic E-state index is 9.81. The van der Waals surface area contributed by atoms with Crippen molar-refractivity contribution < 1.29 is 14.6 Å². The highest BCUT2D eigenvalue weighted by atomic mass is 127. The van der Waals surface area contributed by atoms with Crippen molar-refractivity contribution in [3.63, 3.8) is 0 Å². The summed E-state index contributed by atoms with van der Waals surface area (Å²) in [4.78, 5) is 4.12. The molecule has 0 amide bonds. The minimum Gasteiger partial charge on any atom is -0.508 e. The van der Waals surface area contributed by atoms with Crippen molar-refractivity contribution in [1.82, 2.24) is 10.6 Å². The molecule has 0 fully saturated rings. The van der Waals surface area contributed by atoms with Gasteiger partial charge >= 0.3 is 0 Å². The van der Waals surface area contributed by atoms with Gasteiger partial charge in [-0.2, -0.15) is 0 Å². The number of rotatable bonds is 6. The second-order valence-electron chi connectivity index (χ2n) is 4.42. The van der Waals surface area contributed by atoms with E-state index in [1.54, 1.807) is 39.5 Å². The minimum atomic E-state index is 0. The SMILES string of the molecule is CN=C(NCc1cc(OC)ccc1O)NC(C)COC.I. The molecule has 1 rings (SSSR count). The second kappa shape index (κ2) is 10.5. The predicted molar refractivity (Wildman–Crippen MR) is 94.7 cm³/mol. The molecule has 0 saturated heterocycles. The highest BCUT2D eigenvalue weighted by Gasteiger charge is 2.07. The van der Waals surface area contributed by atoms with Crippen molar-refractivity contribution >= 4 is 29.9 Å². The van der Waals surface area contributed by atoms with Crippen LogP contribution in [0, 0.1) is 0 Å². The third-order valence-electron chi connectivity index (χ3n) is 2.76. The summed E-state index contributed by atoms with van der Waals surface area (Å²) in [6, 6.07) is 5.26. The Balaban J connectivity index is 0.00000400. The molecule has 1 atom stereocenters. The standard InChI is InChI=1S/C14H23N3O3.HI/c1-10(9-19-3)17-14(15-2)16-8-11-7-12(20-4)5-6-13(11)18;/h5-7,10,18H,8-9H2,1-4H3,(H2,15,16,17);1H. The van der Waals surface area contributed by atoms with Gasteiger partial charge in [-0.25, -0.2) is 0 Å². The van der Waals surface area contributed by atoms with E-state index in [1.165, 1.54) is 0 Å². The van der Waals surface area contributed by atoms with Crippen LogP contribution in [0.3, 0.4) is 0 Å². The molecular weight excluding hydrogens is 385 g/mol. The molecule has 0 aliphatic heterocycles. The van der Waals surface area contributed by atoms with Crippen molar-refractivity contribution in [1.29, 1.82) is 0 Å². The molecule has 3 N–H and O–H groups in total. The van der Waals surface area contributed by atoms with Crippen molar-refractivity contribution in [2.75, 3.05) is 27.9 Å². The lowest BCUT2D eigenvalue weighted by molar-refractivity contribution is 0.179. The molecule has 1 unspecified atom stereocenters. The van der Waals surface area contributed by atoms with Gasteiger partial charge in [0.05, 0.1) is 13.7 Å². The number of aromatic hydroxyl groups is 1. The Bertz CT molecular complexity index is 455. The van der Waals surface area contributed by atoms with Crippen LogP contribution in [-0.4, -0.2) is 45.0 Å². The molecule has 7 heteroatoms. The number of halogens is 1. The number of phenolic OH excluding ortho intramolecular Hbond substituents is 1. The number of methoxy groups -OCH3 is 2. The van der Waals surface area contributed by atoms with Crippen LogP contribution in [0.2, 0.25) is 0 Å². The van der Waals surface area contributed by atoms with Gasteiger partial charge in [-0.05, 0) is 25.1 Å². The molecule has 21 heavy (non-hydrogen) atoms. The molecule has 0 aromatic heterocycles. The topological polar surface area (TPSA) is 75.1 Å². The van der Waals surface area contributed by atoms with Crippen LogP contribution in [0.15, 0.2) is 23.2 Å². The minimum absolute atomic E-state index is 0. The lowest BCUT2D eigenvalue weighted by Crippen LogP contribution is -2.43. The molecule has 0 saturated carbocycles. The van der Waals surface area contributed by atoms with E-state index in [1.807, 2.05) is 6.92 Å². The fraction of sp³-hybridized carbons (Fsp3) is 0.500. The number of nitrogens with one attached hydrogen (secondary N) is 2. The van der Waals surface area contributed by atoms with Crippen LogP contribution in [0.25, 0.3) is 0 Å². The van der Waals surface area contributed by atoms with Crippen LogP contribution >= 0.6 is 24.0 Å². The van der Waals surface area contributed by atoms with E-state index in [9.17, 15) is 5.11 Å². The number of phenols is 1. The molecule has 1 aromatic rings. The maximum atomic E-state index is 9.81. The molecular formula is C14H24IN3O3. The van der Waals surface area contributed by atoms with Crippen LogP contribution in [0.1, 0.15) is 12.5 Å². The number of ether oxygens (including phenoxy) is 2. The van der Waals surface area contributed by atoms with Crippen molar-refractivity contribution in [2.45, 2.75) is 19.5 Å². The first kappa shape index (κ1) is 19.8. The molecule has 1 aromatic carbocycles. The molecule has 0 radical (unpaired) electrons. The Morgan fingerprint density at radius 2 is 2.10 bits per heavy atom. The lowest BCUT2D eigenvalue weighted by atomic mass is 10.2. The van der Waals surface area contributed by atoms with Gasteiger partial charge in [-0.3, -0.25) is 4.99 Å². The third-order valence-corrected chi connectivity index (χ3v) is 2.76. The molecule has 0 bridgehead atoms. The molecule has 0 heterocycles. The van der Waals surface area contributed by atoms with Crippen molar-refractivity contribution in [3.8, 4) is 11.5 Å². The smallest absolute Gasteiger partial charge is 0.191 e. The van der Waals surface area contributed by atoms with Crippen molar-refractivity contribution in [2.24, 2.45) is 4.99 Å². The second-order valence-corrected chi connectivity index (χ2v) is 4.42. The summed E-state index contributed by atoms with van der Waals surface area (Å²) < 4.78 is 10.2. The summed E-state index contributed by atoms with van der Waals surface area (Å²) in [6.45, 7) is 3.03. The van der Waals surface area contributed by atoms with Crippen LogP contribution in [-0.2, 0) is 11.3 Å². The Labute approximate surface area is 143 Å². The fourth-order valence-electron chi connectivity index (χ4n) is 1.73. The Hall–Kier alpha value is -1.22. The highest BCUT2D eigenvalue weighted by Crippen LogP contribution is 2.22. The lowest BCUT2D eigenvalue weighted by Gasteiger charge is -2.17. The van der Waals surface area contributed by atoms with Gasteiger partial charge in [0.1, 0.15) is 11.5 Å². The maximum Gasteiger partial charge on any atom is 0.191 e. The zero-order chi connectivity index (χ0) is 15.0. The molecule has 120 valence electrons. The highest BCUT2D eigenvalue weighted by molar-refractivity contribution is 14.0. The number of hydrogen-bond acceptors (Lipinski definition) is 4. The monoisotopic (exact) mass is 409 g/mol. The average Bonchev–Trinajstić information content (AvgIpc) is 2.45. The number of benzene rings is 1. The third kappa shape index (κ3) is 6.85. The predicted octanol–water partition coefficient (Wildman–Crippen LogP) is 1.72. The molecule has 0 aliphatic rings. The Morgan fingerprint density at radius 3 is 2.67 bits per heavy atom. The largest absolute Gasteiger partial charge is 0.508 e. The zero-order valence-electron chi connectivity index (χ0n) is 12.8. The van der Waals surface area contributed by atoms with Gasteiger partial charge in [-0.1, -0.05) is 0 Å². The first-order valence-electron chi connectivity index (χ1n) is 6.42. The summed E-state index contributed by atoms with van der Waals surface area (Å²) in [6.07, 6.45) is 0. The number of nitrogens with zero attached hydrogens (tertiary/aromatic N) is 1. The van der Waals surface area contributed by atoms with E-state index in [-0.39, 0.29) is 35.8 Å². The Kier molecular flexibility index (Phi) is 9.89. The van der Waals surface area contributed by atoms with E-state index in [4.69, 9.17) is 9.47 Å². The summed E-state index contributed by atoms with van der Waals surface area (Å²) in [7, 11) is 4.94.